The van der Waals surface area contributed by atoms with Crippen LogP contribution < -0.4 is 14.2 Å². The summed E-state index contributed by atoms with van der Waals surface area (Å²) in [5.74, 6) is 1.99. The average Bonchev–Trinajstić information content (AvgIpc) is 1.51. The predicted octanol–water partition coefficient (Wildman–Crippen LogP) is 18.5. The van der Waals surface area contributed by atoms with E-state index in [0.29, 0.717) is 17.2 Å². The van der Waals surface area contributed by atoms with E-state index in [9.17, 15) is 5.26 Å². The molecule has 3 aromatic heterocycles. The van der Waals surface area contributed by atoms with E-state index in [4.69, 9.17) is 33.2 Å². The van der Waals surface area contributed by atoms with Gasteiger partial charge in [0.1, 0.15) is 17.2 Å². The SMILES string of the molecule is COc1ccc(C(Oc2cc(COP(OCCC#N)N(C(C)C)C(C)C)cc(-c3c4nc(c(-c5ccccc5)c5ccc([nH]5)c(-c5ccccc5)c5nc(c(-c6ccccc6)c6ccc3[nH]6)C=C5)C=C4)c2)(c2ccccc2)c2ccc(OC)cc2)cc1. The van der Waals surface area contributed by atoms with Gasteiger partial charge < -0.3 is 33.2 Å². The van der Waals surface area contributed by atoms with Crippen molar-refractivity contribution in [3.8, 4) is 67.8 Å². The van der Waals surface area contributed by atoms with E-state index in [2.05, 4.69) is 224 Å². The summed E-state index contributed by atoms with van der Waals surface area (Å²) in [5, 5.41) is 9.65. The molecule has 7 aromatic carbocycles. The van der Waals surface area contributed by atoms with Crippen LogP contribution in [0, 0.1) is 11.3 Å². The maximum absolute atomic E-state index is 9.65. The summed E-state index contributed by atoms with van der Waals surface area (Å²) >= 11 is 0. The summed E-state index contributed by atoms with van der Waals surface area (Å²) in [5.41, 5.74) is 16.5. The molecular formula is C75H67N6O5P. The molecule has 2 aliphatic heterocycles. The highest BCUT2D eigenvalue weighted by molar-refractivity contribution is 7.44. The largest absolute Gasteiger partial charge is 0.497 e. The molecule has 0 radical (unpaired) electrons. The molecule has 0 spiro atoms. The minimum Gasteiger partial charge on any atom is -0.497 e. The Balaban J connectivity index is 1.17. The van der Waals surface area contributed by atoms with E-state index in [0.717, 1.165) is 112 Å². The van der Waals surface area contributed by atoms with Crippen molar-refractivity contribution in [2.75, 3.05) is 20.8 Å². The quantitative estimate of drug-likeness (QED) is 0.0435. The minimum absolute atomic E-state index is 0.0875. The molecule has 87 heavy (non-hydrogen) atoms. The number of nitrogens with one attached hydrogen (secondary N) is 2. The molecule has 1 atom stereocenters. The van der Waals surface area contributed by atoms with Crippen LogP contribution in [0.15, 0.2) is 212 Å². The van der Waals surface area contributed by atoms with Gasteiger partial charge in [-0.3, -0.25) is 0 Å². The number of aromatic nitrogens is 4. The number of benzene rings is 7. The highest BCUT2D eigenvalue weighted by Crippen LogP contribution is 2.49. The van der Waals surface area contributed by atoms with Crippen molar-refractivity contribution in [1.82, 2.24) is 24.6 Å². The standard InChI is InChI=1S/C75H67N6O5P/c1-50(2)81(51(3)4)87(84-45-19-44-76)85-49-52-46-56(48-62(47-52)86-75(57-26-17-10-18-27-57,58-28-32-60(82-5)33-29-58)59-30-34-61(83-6)35-31-59)74-69-42-40-67(79-69)72(54-22-13-8-14-23-54)65-38-36-63(77-65)71(53-20-11-7-12-21-53)64-37-39-66(78-64)73(55-24-15-9-16-25-55)68-41-43-70(74)80-68/h7-18,20-43,46-48,50-51,77,80H,19,45,49H2,1-6H3. The van der Waals surface area contributed by atoms with Crippen LogP contribution in [0.1, 0.15) is 79.1 Å². The van der Waals surface area contributed by atoms with Gasteiger partial charge in [-0.2, -0.15) is 5.26 Å². The molecule has 0 saturated heterocycles. The lowest BCUT2D eigenvalue weighted by molar-refractivity contribution is 0.154. The van der Waals surface area contributed by atoms with E-state index in [-0.39, 0.29) is 31.7 Å². The first-order chi connectivity index (χ1) is 42.6. The molecule has 1 unspecified atom stereocenters. The van der Waals surface area contributed by atoms with Gasteiger partial charge in [0.05, 0.1) is 62.7 Å². The fourth-order valence-corrected chi connectivity index (χ4v) is 13.4. The Labute approximate surface area is 509 Å². The Morgan fingerprint density at radius 1 is 0.460 bits per heavy atom. The Hall–Kier alpha value is -9.66. The van der Waals surface area contributed by atoms with Crippen molar-refractivity contribution in [3.63, 3.8) is 0 Å². The van der Waals surface area contributed by atoms with Gasteiger partial charge in [0, 0.05) is 73.1 Å². The molecule has 12 heteroatoms. The summed E-state index contributed by atoms with van der Waals surface area (Å²) in [4.78, 5) is 19.1. The first-order valence-corrected chi connectivity index (χ1v) is 30.5. The summed E-state index contributed by atoms with van der Waals surface area (Å²) in [7, 11) is 1.71. The van der Waals surface area contributed by atoms with Crippen LogP contribution in [0.5, 0.6) is 17.2 Å². The van der Waals surface area contributed by atoms with Crippen LogP contribution in [-0.4, -0.2) is 57.5 Å². The number of nitriles is 1. The monoisotopic (exact) mass is 1160 g/mol. The Morgan fingerprint density at radius 3 is 1.24 bits per heavy atom. The Bertz CT molecular complexity index is 4240. The molecule has 11 nitrogen and oxygen atoms in total. The van der Waals surface area contributed by atoms with E-state index in [1.807, 2.05) is 60.7 Å². The number of fused-ring (bicyclic) bond motifs is 8. The molecule has 8 bridgehead atoms. The van der Waals surface area contributed by atoms with Gasteiger partial charge in [0.15, 0.2) is 5.60 Å². The molecule has 2 N–H and O–H groups in total. The van der Waals surface area contributed by atoms with Crippen LogP contribution in [0.2, 0.25) is 0 Å². The summed E-state index contributed by atoms with van der Waals surface area (Å²) < 4.78 is 35.2. The topological polar surface area (TPSA) is 131 Å². The zero-order chi connectivity index (χ0) is 59.9. The normalized spacial score (nSPS) is 12.4. The third-order valence-corrected chi connectivity index (χ3v) is 17.7. The lowest BCUT2D eigenvalue weighted by Gasteiger charge is -2.37. The molecule has 0 aliphatic carbocycles. The first-order valence-electron chi connectivity index (χ1n) is 29.3. The fraction of sp³-hybridized carbons (Fsp3) is 0.160. The second-order valence-corrected chi connectivity index (χ2v) is 23.3. The average molecular weight is 1160 g/mol. The maximum atomic E-state index is 9.65. The van der Waals surface area contributed by atoms with Crippen LogP contribution in [0.25, 0.3) is 90.9 Å². The lowest BCUT2D eigenvalue weighted by atomic mass is 9.80. The van der Waals surface area contributed by atoms with Gasteiger partial charge in [-0.15, -0.1) is 0 Å². The van der Waals surface area contributed by atoms with Gasteiger partial charge >= 0.3 is 0 Å². The van der Waals surface area contributed by atoms with Crippen molar-refractivity contribution in [3.05, 3.63) is 257 Å². The molecule has 0 amide bonds. The van der Waals surface area contributed by atoms with Crippen molar-refractivity contribution in [1.29, 1.82) is 5.26 Å². The second kappa shape index (κ2) is 25.9. The number of nitrogens with zero attached hydrogens (tertiary/aromatic N) is 4. The molecule has 432 valence electrons. The number of hydrogen-bond donors (Lipinski definition) is 2. The Morgan fingerprint density at radius 2 is 0.851 bits per heavy atom. The third kappa shape index (κ3) is 12.0. The fourth-order valence-electron chi connectivity index (χ4n) is 11.8. The van der Waals surface area contributed by atoms with Crippen LogP contribution in [-0.2, 0) is 21.3 Å². The summed E-state index contributed by atoms with van der Waals surface area (Å²) in [6.45, 7) is 8.94. The van der Waals surface area contributed by atoms with Crippen molar-refractivity contribution in [2.24, 2.45) is 0 Å². The van der Waals surface area contributed by atoms with Crippen LogP contribution in [0.4, 0.5) is 0 Å². The Kier molecular flexibility index (Phi) is 17.2. The molecule has 5 heterocycles. The second-order valence-electron chi connectivity index (χ2n) is 21.9. The first kappa shape index (κ1) is 57.8. The van der Waals surface area contributed by atoms with Crippen molar-refractivity contribution >= 4 is 54.9 Å². The van der Waals surface area contributed by atoms with Gasteiger partial charge in [-0.05, 0) is 147 Å². The van der Waals surface area contributed by atoms with Crippen LogP contribution >= 0.6 is 8.53 Å². The smallest absolute Gasteiger partial charge is 0.259 e. The number of hydrogen-bond acceptors (Lipinski definition) is 9. The maximum Gasteiger partial charge on any atom is 0.259 e. The van der Waals surface area contributed by atoms with Gasteiger partial charge in [-0.25, -0.2) is 14.6 Å². The minimum atomic E-state index is -1.63. The van der Waals surface area contributed by atoms with Gasteiger partial charge in [-0.1, -0.05) is 146 Å². The highest BCUT2D eigenvalue weighted by Gasteiger charge is 2.40. The third-order valence-electron chi connectivity index (χ3n) is 15.6. The van der Waals surface area contributed by atoms with E-state index in [1.165, 1.54) is 0 Å². The number of ether oxygens (including phenoxy) is 3. The van der Waals surface area contributed by atoms with Gasteiger partial charge in [0.25, 0.3) is 8.53 Å². The zero-order valence-corrected chi connectivity index (χ0v) is 50.5. The number of methoxy groups -OCH3 is 2. The molecule has 0 fully saturated rings. The van der Waals surface area contributed by atoms with E-state index >= 15 is 0 Å². The molecule has 10 aromatic rings. The van der Waals surface area contributed by atoms with Crippen LogP contribution in [0.3, 0.4) is 0 Å². The van der Waals surface area contributed by atoms with Gasteiger partial charge in [0.2, 0.25) is 0 Å². The van der Waals surface area contributed by atoms with E-state index in [1.54, 1.807) is 14.2 Å². The lowest BCUT2D eigenvalue weighted by Crippen LogP contribution is -2.36. The number of rotatable bonds is 20. The molecule has 2 aliphatic rings. The van der Waals surface area contributed by atoms with Crippen molar-refractivity contribution in [2.45, 2.75) is 58.4 Å². The van der Waals surface area contributed by atoms with Crippen molar-refractivity contribution < 1.29 is 23.3 Å². The zero-order valence-electron chi connectivity index (χ0n) is 49.6. The van der Waals surface area contributed by atoms with E-state index < -0.39 is 14.1 Å². The molecular weight excluding hydrogens is 1100 g/mol. The molecule has 12 rings (SSSR count). The highest BCUT2D eigenvalue weighted by atomic mass is 31.2. The number of H-pyrrole nitrogens is 2. The summed E-state index contributed by atoms with van der Waals surface area (Å²) in [6, 6.07) is 75.1. The predicted molar refractivity (Wildman–Crippen MR) is 354 cm³/mol. The molecule has 0 saturated carbocycles. The number of aromatic amines is 2. The summed E-state index contributed by atoms with van der Waals surface area (Å²) in [6.07, 6.45) is 8.71.